The van der Waals surface area contributed by atoms with E-state index in [9.17, 15) is 31.2 Å². The van der Waals surface area contributed by atoms with E-state index in [4.69, 9.17) is 14.2 Å². The molecule has 0 amide bonds. The molecule has 0 aromatic carbocycles. The highest BCUT2D eigenvalue weighted by Crippen LogP contribution is 2.65. The number of fused-ring (bicyclic) bond motifs is 4. The molecule has 0 radical (unpaired) electrons. The Balaban J connectivity index is 0.000000167. The Morgan fingerprint density at radius 2 is 1.23 bits per heavy atom. The largest absolute Gasteiger partial charge is 0.480 e. The van der Waals surface area contributed by atoms with Gasteiger partial charge in [-0.15, -0.1) is 0 Å². The monoisotopic (exact) mass is 594 g/mol. The Labute approximate surface area is 230 Å². The van der Waals surface area contributed by atoms with Crippen LogP contribution in [-0.2, 0) is 34.6 Å². The van der Waals surface area contributed by atoms with Crippen molar-refractivity contribution in [1.29, 1.82) is 0 Å². The molecule has 0 aromatic rings. The van der Waals surface area contributed by atoms with Crippen molar-refractivity contribution in [3.63, 3.8) is 0 Å². The molecule has 5 aliphatic rings. The van der Waals surface area contributed by atoms with Gasteiger partial charge < -0.3 is 15.7 Å². The summed E-state index contributed by atoms with van der Waals surface area (Å²) in [5, 5.41) is 14.3. The molecule has 0 spiro atoms. The smallest absolute Gasteiger partial charge is 0.322 e. The second kappa shape index (κ2) is 10.8. The summed E-state index contributed by atoms with van der Waals surface area (Å²) in [6.45, 7) is 9.93. The zero-order chi connectivity index (χ0) is 29.7. The first-order chi connectivity index (χ1) is 17.7. The first kappa shape index (κ1) is 32.1. The van der Waals surface area contributed by atoms with Crippen LogP contribution in [0.25, 0.3) is 0 Å². The lowest BCUT2D eigenvalue weighted by Crippen LogP contribution is -2.52. The lowest BCUT2D eigenvalue weighted by Gasteiger charge is -2.35. The molecule has 4 saturated carbocycles. The lowest BCUT2D eigenvalue weighted by molar-refractivity contribution is -0.139. The number of hydrogen-bond donors (Lipinski definition) is 5. The van der Waals surface area contributed by atoms with Crippen molar-refractivity contribution < 1.29 is 45.4 Å². The van der Waals surface area contributed by atoms with Crippen LogP contribution in [0.3, 0.4) is 0 Å². The van der Waals surface area contributed by atoms with Gasteiger partial charge in [-0.1, -0.05) is 27.7 Å². The van der Waals surface area contributed by atoms with Crippen molar-refractivity contribution in [2.24, 2.45) is 33.5 Å². The maximum Gasteiger partial charge on any atom is 0.322 e. The summed E-state index contributed by atoms with van der Waals surface area (Å²) in [6, 6.07) is -0.390. The van der Waals surface area contributed by atoms with Crippen LogP contribution in [0.4, 0.5) is 0 Å². The second-order valence-corrected chi connectivity index (χ2v) is 15.7. The molecule has 0 aromatic heterocycles. The van der Waals surface area contributed by atoms with Gasteiger partial charge in [0.15, 0.2) is 0 Å². The third-order valence-electron chi connectivity index (χ3n) is 10.5. The van der Waals surface area contributed by atoms with Crippen molar-refractivity contribution >= 4 is 37.8 Å². The van der Waals surface area contributed by atoms with Crippen molar-refractivity contribution in [3.05, 3.63) is 0 Å². The first-order valence-electron chi connectivity index (χ1n) is 13.3. The van der Waals surface area contributed by atoms with Crippen molar-refractivity contribution in [1.82, 2.24) is 10.6 Å². The Morgan fingerprint density at radius 1 is 0.821 bits per heavy atom. The lowest BCUT2D eigenvalue weighted by atomic mass is 9.70. The molecule has 5 N–H and O–H groups in total. The van der Waals surface area contributed by atoms with Gasteiger partial charge in [0.1, 0.15) is 17.6 Å². The molecule has 39 heavy (non-hydrogen) atoms. The highest BCUT2D eigenvalue weighted by molar-refractivity contribution is 7.86. The van der Waals surface area contributed by atoms with Crippen LogP contribution in [-0.4, -0.2) is 85.8 Å². The van der Waals surface area contributed by atoms with Gasteiger partial charge >= 0.3 is 5.97 Å². The van der Waals surface area contributed by atoms with E-state index in [2.05, 4.69) is 10.6 Å². The number of ketones is 2. The molecule has 1 saturated heterocycles. The van der Waals surface area contributed by atoms with E-state index in [1.165, 1.54) is 0 Å². The molecular formula is C25H42N2O10S2. The predicted octanol–water partition coefficient (Wildman–Crippen LogP) is 1.17. The summed E-state index contributed by atoms with van der Waals surface area (Å²) in [6.07, 6.45) is 3.94. The van der Waals surface area contributed by atoms with Crippen LogP contribution in [0, 0.1) is 33.5 Å². The van der Waals surface area contributed by atoms with Gasteiger partial charge in [-0.3, -0.25) is 23.5 Å². The van der Waals surface area contributed by atoms with Gasteiger partial charge in [0.05, 0.1) is 22.3 Å². The number of hydrogen-bond acceptors (Lipinski definition) is 9. The fraction of sp³-hybridized carbons (Fsp3) is 0.880. The number of nitrogens with one attached hydrogen (secondary N) is 2. The third kappa shape index (κ3) is 6.10. The number of piperazine rings is 1. The highest BCUT2D eigenvalue weighted by atomic mass is 32.2. The van der Waals surface area contributed by atoms with Crippen LogP contribution in [0.2, 0.25) is 0 Å². The first-order valence-corrected chi connectivity index (χ1v) is 16.5. The van der Waals surface area contributed by atoms with Gasteiger partial charge in [0.2, 0.25) is 0 Å². The number of rotatable bonds is 5. The molecule has 5 rings (SSSR count). The fourth-order valence-corrected chi connectivity index (χ4v) is 10.3. The SMILES string of the molecule is CC1(C)C2CC[C@]1(CS(=O)(=O)O)C(=O)C2.CC1(C)C2CC[C@]1(CS(=O)(=O)O)C(=O)C2.O=C(O)[C@H]1CNCCN1. The summed E-state index contributed by atoms with van der Waals surface area (Å²) in [5.41, 5.74) is -2.24. The molecule has 4 bridgehead atoms. The molecular weight excluding hydrogens is 552 g/mol. The number of carbonyl (C=O) groups is 3. The molecule has 5 atom stereocenters. The summed E-state index contributed by atoms with van der Waals surface area (Å²) in [5.74, 6) is -0.978. The van der Waals surface area contributed by atoms with Gasteiger partial charge in [0, 0.05) is 32.5 Å². The Bertz CT molecular complexity index is 1130. The number of carbonyl (C=O) groups excluding carboxylic acids is 2. The van der Waals surface area contributed by atoms with E-state index >= 15 is 0 Å². The number of carboxylic acid groups (broad SMARTS) is 1. The molecule has 4 aliphatic carbocycles. The standard InChI is InChI=1S/2C10H16O4S.C5H10N2O2/c2*1-9(2)7-3-4-10(9,8(11)5-7)6-15(12,13)14;8-5(9)4-3-6-1-2-7-4/h2*7H,3-6H2,1-2H3,(H,12,13,14);4,6-7H,1-3H2,(H,8,9)/t2*7?,10-;4-/m001/s1. The minimum atomic E-state index is -4.08. The summed E-state index contributed by atoms with van der Waals surface area (Å²) >= 11 is 0. The zero-order valence-electron chi connectivity index (χ0n) is 23.0. The van der Waals surface area contributed by atoms with E-state index in [1.807, 2.05) is 27.7 Å². The Hall–Kier alpha value is -1.45. The minimum absolute atomic E-state index is 0.0152. The van der Waals surface area contributed by atoms with E-state index in [0.717, 1.165) is 25.9 Å². The third-order valence-corrected chi connectivity index (χ3v) is 12.2. The van der Waals surface area contributed by atoms with Crippen LogP contribution in [0.15, 0.2) is 0 Å². The quantitative estimate of drug-likeness (QED) is 0.285. The van der Waals surface area contributed by atoms with Crippen molar-refractivity contribution in [2.75, 3.05) is 31.1 Å². The Morgan fingerprint density at radius 3 is 1.44 bits per heavy atom. The fourth-order valence-electron chi connectivity index (χ4n) is 7.67. The molecule has 1 heterocycles. The minimum Gasteiger partial charge on any atom is -0.480 e. The number of Topliss-reactive ketones (excluding diaryl/α,β-unsaturated/α-hetero) is 2. The van der Waals surface area contributed by atoms with E-state index in [1.54, 1.807) is 0 Å². The molecule has 2 unspecified atom stereocenters. The topological polar surface area (TPSA) is 204 Å². The molecule has 224 valence electrons. The van der Waals surface area contributed by atoms with E-state index < -0.39 is 54.6 Å². The molecule has 14 heteroatoms. The average molecular weight is 595 g/mol. The van der Waals surface area contributed by atoms with Crippen molar-refractivity contribution in [2.45, 2.75) is 72.3 Å². The summed E-state index contributed by atoms with van der Waals surface area (Å²) in [4.78, 5) is 34.0. The van der Waals surface area contributed by atoms with Crippen molar-refractivity contribution in [3.8, 4) is 0 Å². The van der Waals surface area contributed by atoms with Crippen LogP contribution < -0.4 is 10.6 Å². The second-order valence-electron chi connectivity index (χ2n) is 12.8. The van der Waals surface area contributed by atoms with Gasteiger partial charge in [-0.25, -0.2) is 0 Å². The van der Waals surface area contributed by atoms with Gasteiger partial charge in [-0.2, -0.15) is 16.8 Å². The maximum atomic E-state index is 11.9. The van der Waals surface area contributed by atoms with Gasteiger partial charge in [-0.05, 0) is 48.3 Å². The zero-order valence-corrected chi connectivity index (χ0v) is 24.7. The average Bonchev–Trinajstić information content (AvgIpc) is 3.31. The number of aliphatic carboxylic acids is 1. The molecule has 1 aliphatic heterocycles. The summed E-state index contributed by atoms with van der Waals surface area (Å²) < 4.78 is 62.0. The van der Waals surface area contributed by atoms with E-state index in [-0.39, 0.29) is 34.2 Å². The van der Waals surface area contributed by atoms with Crippen LogP contribution in [0.1, 0.15) is 66.2 Å². The molecule has 12 nitrogen and oxygen atoms in total. The van der Waals surface area contributed by atoms with Gasteiger partial charge in [0.25, 0.3) is 20.2 Å². The predicted molar refractivity (Wildman–Crippen MR) is 142 cm³/mol. The van der Waals surface area contributed by atoms with E-state index in [0.29, 0.717) is 32.2 Å². The molecule has 5 fully saturated rings. The summed E-state index contributed by atoms with van der Waals surface area (Å²) in [7, 11) is -8.15. The number of carboxylic acids is 1. The van der Waals surface area contributed by atoms with Crippen LogP contribution >= 0.6 is 0 Å². The Kier molecular flexibility index (Phi) is 8.84. The maximum absolute atomic E-state index is 11.9. The normalized spacial score (nSPS) is 36.1. The highest BCUT2D eigenvalue weighted by Gasteiger charge is 2.66. The van der Waals surface area contributed by atoms with Crippen LogP contribution in [0.5, 0.6) is 0 Å².